The molecule has 18 heavy (non-hydrogen) atoms. The van der Waals surface area contributed by atoms with Gasteiger partial charge in [0, 0.05) is 17.8 Å². The normalized spacial score (nSPS) is 10.7. The number of fused-ring (bicyclic) bond motifs is 1. The van der Waals surface area contributed by atoms with Crippen molar-refractivity contribution in [1.82, 2.24) is 9.38 Å². The molecule has 0 aliphatic rings. The molecule has 0 N–H and O–H groups in total. The highest BCUT2D eigenvalue weighted by Crippen LogP contribution is 2.16. The standard InChI is InChI=1S/C15H12N2O/c1-11-5-7-12(8-6-11)13-10-15(18)17-9-3-2-4-14(17)16-13/h2-10H,1H3. The molecule has 0 radical (unpaired) electrons. The third-order valence-electron chi connectivity index (χ3n) is 2.92. The molecular weight excluding hydrogens is 224 g/mol. The summed E-state index contributed by atoms with van der Waals surface area (Å²) in [6.07, 6.45) is 1.73. The zero-order valence-corrected chi connectivity index (χ0v) is 10.00. The number of rotatable bonds is 1. The zero-order valence-electron chi connectivity index (χ0n) is 10.00. The highest BCUT2D eigenvalue weighted by atomic mass is 16.1. The van der Waals surface area contributed by atoms with E-state index in [1.165, 1.54) is 9.96 Å². The monoisotopic (exact) mass is 236 g/mol. The maximum atomic E-state index is 12.0. The fraction of sp³-hybridized carbons (Fsp3) is 0.0667. The van der Waals surface area contributed by atoms with E-state index in [-0.39, 0.29) is 5.56 Å². The highest BCUT2D eigenvalue weighted by molar-refractivity contribution is 5.61. The lowest BCUT2D eigenvalue weighted by atomic mass is 10.1. The van der Waals surface area contributed by atoms with Crippen molar-refractivity contribution < 1.29 is 0 Å². The van der Waals surface area contributed by atoms with E-state index in [0.29, 0.717) is 11.3 Å². The Balaban J connectivity index is 2.24. The van der Waals surface area contributed by atoms with Gasteiger partial charge in [0.15, 0.2) is 0 Å². The Bertz CT molecular complexity index is 757. The van der Waals surface area contributed by atoms with E-state index >= 15 is 0 Å². The van der Waals surface area contributed by atoms with Crippen LogP contribution in [0.2, 0.25) is 0 Å². The molecule has 1 aromatic carbocycles. The van der Waals surface area contributed by atoms with Crippen LogP contribution < -0.4 is 5.56 Å². The number of benzene rings is 1. The summed E-state index contributed by atoms with van der Waals surface area (Å²) in [5, 5.41) is 0. The van der Waals surface area contributed by atoms with Gasteiger partial charge in [-0.2, -0.15) is 0 Å². The van der Waals surface area contributed by atoms with Gasteiger partial charge in [-0.3, -0.25) is 9.20 Å². The van der Waals surface area contributed by atoms with Crippen molar-refractivity contribution in [3.05, 3.63) is 70.6 Å². The Labute approximate surface area is 104 Å². The van der Waals surface area contributed by atoms with Crippen molar-refractivity contribution >= 4 is 5.65 Å². The van der Waals surface area contributed by atoms with Gasteiger partial charge in [0.1, 0.15) is 5.65 Å². The molecule has 2 aromatic heterocycles. The van der Waals surface area contributed by atoms with Crippen LogP contribution in [-0.2, 0) is 0 Å². The van der Waals surface area contributed by atoms with Crippen LogP contribution in [-0.4, -0.2) is 9.38 Å². The summed E-state index contributed by atoms with van der Waals surface area (Å²) < 4.78 is 1.54. The number of hydrogen-bond acceptors (Lipinski definition) is 2. The second kappa shape index (κ2) is 4.11. The lowest BCUT2D eigenvalue weighted by Crippen LogP contribution is -2.13. The first kappa shape index (κ1) is 10.7. The highest BCUT2D eigenvalue weighted by Gasteiger charge is 2.03. The first-order valence-electron chi connectivity index (χ1n) is 5.79. The van der Waals surface area contributed by atoms with Crippen molar-refractivity contribution in [2.24, 2.45) is 0 Å². The van der Waals surface area contributed by atoms with Crippen LogP contribution in [0.25, 0.3) is 16.9 Å². The Morgan fingerprint density at radius 3 is 2.61 bits per heavy atom. The van der Waals surface area contributed by atoms with Crippen LogP contribution >= 0.6 is 0 Å². The van der Waals surface area contributed by atoms with Gasteiger partial charge in [0.2, 0.25) is 0 Å². The minimum Gasteiger partial charge on any atom is -0.269 e. The molecule has 0 aliphatic heterocycles. The largest absolute Gasteiger partial charge is 0.269 e. The smallest absolute Gasteiger partial charge is 0.258 e. The molecule has 0 spiro atoms. The van der Waals surface area contributed by atoms with Gasteiger partial charge >= 0.3 is 0 Å². The zero-order chi connectivity index (χ0) is 12.5. The maximum Gasteiger partial charge on any atom is 0.258 e. The summed E-state index contributed by atoms with van der Waals surface area (Å²) in [5.41, 5.74) is 3.48. The van der Waals surface area contributed by atoms with Crippen LogP contribution in [0.3, 0.4) is 0 Å². The first-order chi connectivity index (χ1) is 8.74. The van der Waals surface area contributed by atoms with Crippen LogP contribution in [0, 0.1) is 6.92 Å². The Hall–Kier alpha value is -2.42. The van der Waals surface area contributed by atoms with Crippen LogP contribution in [0.5, 0.6) is 0 Å². The van der Waals surface area contributed by atoms with Crippen LogP contribution in [0.15, 0.2) is 59.5 Å². The molecule has 3 aromatic rings. The van der Waals surface area contributed by atoms with Crippen molar-refractivity contribution in [2.75, 3.05) is 0 Å². The molecule has 0 bridgehead atoms. The van der Waals surface area contributed by atoms with Crippen molar-refractivity contribution in [1.29, 1.82) is 0 Å². The second-order valence-electron chi connectivity index (χ2n) is 4.27. The van der Waals surface area contributed by atoms with E-state index in [2.05, 4.69) is 4.98 Å². The lowest BCUT2D eigenvalue weighted by molar-refractivity contribution is 1.05. The van der Waals surface area contributed by atoms with Gasteiger partial charge in [-0.25, -0.2) is 4.98 Å². The summed E-state index contributed by atoms with van der Waals surface area (Å²) >= 11 is 0. The van der Waals surface area contributed by atoms with E-state index < -0.39 is 0 Å². The fourth-order valence-corrected chi connectivity index (χ4v) is 1.93. The molecule has 0 atom stereocenters. The molecule has 3 nitrogen and oxygen atoms in total. The SMILES string of the molecule is Cc1ccc(-c2cc(=O)n3ccccc3n2)cc1. The van der Waals surface area contributed by atoms with Crippen molar-refractivity contribution in [3.8, 4) is 11.3 Å². The van der Waals surface area contributed by atoms with Gasteiger partial charge in [-0.15, -0.1) is 0 Å². The number of nitrogens with zero attached hydrogens (tertiary/aromatic N) is 2. The predicted molar refractivity (Wildman–Crippen MR) is 71.6 cm³/mol. The van der Waals surface area contributed by atoms with E-state index in [0.717, 1.165) is 5.56 Å². The Morgan fingerprint density at radius 2 is 1.83 bits per heavy atom. The van der Waals surface area contributed by atoms with Crippen molar-refractivity contribution in [2.45, 2.75) is 6.92 Å². The molecule has 0 saturated carbocycles. The number of hydrogen-bond donors (Lipinski definition) is 0. The number of aromatic nitrogens is 2. The summed E-state index contributed by atoms with van der Waals surface area (Å²) in [7, 11) is 0. The van der Waals surface area contributed by atoms with Gasteiger partial charge in [0.05, 0.1) is 5.69 Å². The van der Waals surface area contributed by atoms with E-state index in [1.807, 2.05) is 49.4 Å². The third kappa shape index (κ3) is 1.80. The molecule has 0 aliphatic carbocycles. The van der Waals surface area contributed by atoms with E-state index in [1.54, 1.807) is 12.3 Å². The van der Waals surface area contributed by atoms with Gasteiger partial charge in [-0.1, -0.05) is 35.9 Å². The molecule has 88 valence electrons. The van der Waals surface area contributed by atoms with E-state index in [9.17, 15) is 4.79 Å². The minimum atomic E-state index is -0.0591. The topological polar surface area (TPSA) is 34.4 Å². The summed E-state index contributed by atoms with van der Waals surface area (Å²) in [5.74, 6) is 0. The predicted octanol–water partition coefficient (Wildman–Crippen LogP) is 2.67. The Morgan fingerprint density at radius 1 is 1.06 bits per heavy atom. The summed E-state index contributed by atoms with van der Waals surface area (Å²) in [4.78, 5) is 16.5. The van der Waals surface area contributed by atoms with Gasteiger partial charge in [0.25, 0.3) is 5.56 Å². The fourth-order valence-electron chi connectivity index (χ4n) is 1.93. The van der Waals surface area contributed by atoms with Crippen LogP contribution in [0.1, 0.15) is 5.56 Å². The Kier molecular flexibility index (Phi) is 2.45. The number of aryl methyl sites for hydroxylation is 1. The van der Waals surface area contributed by atoms with Crippen LogP contribution in [0.4, 0.5) is 0 Å². The molecular formula is C15H12N2O. The first-order valence-corrected chi connectivity index (χ1v) is 5.79. The average Bonchev–Trinajstić information content (AvgIpc) is 2.39. The average molecular weight is 236 g/mol. The summed E-state index contributed by atoms with van der Waals surface area (Å²) in [6, 6.07) is 15.1. The van der Waals surface area contributed by atoms with E-state index in [4.69, 9.17) is 0 Å². The molecule has 3 heteroatoms. The quantitative estimate of drug-likeness (QED) is 0.651. The number of pyridine rings is 1. The second-order valence-corrected chi connectivity index (χ2v) is 4.27. The third-order valence-corrected chi connectivity index (χ3v) is 2.92. The molecule has 0 saturated heterocycles. The molecule has 3 rings (SSSR count). The van der Waals surface area contributed by atoms with Gasteiger partial charge in [-0.05, 0) is 19.1 Å². The molecule has 2 heterocycles. The molecule has 0 amide bonds. The molecule has 0 unspecified atom stereocenters. The van der Waals surface area contributed by atoms with Crippen molar-refractivity contribution in [3.63, 3.8) is 0 Å². The minimum absolute atomic E-state index is 0.0591. The lowest BCUT2D eigenvalue weighted by Gasteiger charge is -2.04. The van der Waals surface area contributed by atoms with Gasteiger partial charge < -0.3 is 0 Å². The maximum absolute atomic E-state index is 12.0. The summed E-state index contributed by atoms with van der Waals surface area (Å²) in [6.45, 7) is 2.03. The molecule has 0 fully saturated rings.